The van der Waals surface area contributed by atoms with Crippen LogP contribution in [0.2, 0.25) is 5.02 Å². The van der Waals surface area contributed by atoms with Gasteiger partial charge in [-0.15, -0.1) is 0 Å². The number of hydrogen-bond donors (Lipinski definition) is 2. The van der Waals surface area contributed by atoms with Gasteiger partial charge in [-0.3, -0.25) is 0 Å². The lowest BCUT2D eigenvalue weighted by atomic mass is 10.0. The smallest absolute Gasteiger partial charge is 0.120 e. The van der Waals surface area contributed by atoms with Crippen molar-refractivity contribution in [3.8, 4) is 5.75 Å². The summed E-state index contributed by atoms with van der Waals surface area (Å²) >= 11 is 6.02. The number of hydrogen-bond acceptors (Lipinski definition) is 2. The standard InChI is InChI=1S/C17H20ClNO/c1-11-7-8-17(20)16(9-11)13(3)19-12(2)14-5-4-6-15(18)10-14/h4-10,12-13,19-20H,1-3H3/t12-,13?/m0/s1. The fourth-order valence-corrected chi connectivity index (χ4v) is 2.56. The average Bonchev–Trinajstić information content (AvgIpc) is 2.41. The largest absolute Gasteiger partial charge is 0.508 e. The summed E-state index contributed by atoms with van der Waals surface area (Å²) < 4.78 is 0. The number of halogens is 1. The quantitative estimate of drug-likeness (QED) is 0.850. The summed E-state index contributed by atoms with van der Waals surface area (Å²) in [6.45, 7) is 6.17. The molecule has 0 spiro atoms. The molecule has 2 rings (SSSR count). The highest BCUT2D eigenvalue weighted by molar-refractivity contribution is 6.30. The topological polar surface area (TPSA) is 32.3 Å². The van der Waals surface area contributed by atoms with Gasteiger partial charge in [0.05, 0.1) is 0 Å². The van der Waals surface area contributed by atoms with Gasteiger partial charge in [0.1, 0.15) is 5.75 Å². The normalized spacial score (nSPS) is 14.0. The molecule has 0 aliphatic carbocycles. The van der Waals surface area contributed by atoms with Gasteiger partial charge in [0.2, 0.25) is 0 Å². The Balaban J connectivity index is 2.15. The third kappa shape index (κ3) is 3.53. The Labute approximate surface area is 125 Å². The van der Waals surface area contributed by atoms with Crippen molar-refractivity contribution in [2.45, 2.75) is 32.9 Å². The molecule has 2 aromatic rings. The fraction of sp³-hybridized carbons (Fsp3) is 0.294. The molecule has 3 heteroatoms. The van der Waals surface area contributed by atoms with E-state index in [1.807, 2.05) is 43.3 Å². The highest BCUT2D eigenvalue weighted by atomic mass is 35.5. The van der Waals surface area contributed by atoms with Gasteiger partial charge in [-0.25, -0.2) is 0 Å². The maximum atomic E-state index is 9.97. The molecule has 2 aromatic carbocycles. The van der Waals surface area contributed by atoms with E-state index in [1.54, 1.807) is 6.07 Å². The van der Waals surface area contributed by atoms with Crippen LogP contribution >= 0.6 is 11.6 Å². The Bertz CT molecular complexity index is 597. The van der Waals surface area contributed by atoms with Crippen molar-refractivity contribution in [2.24, 2.45) is 0 Å². The second kappa shape index (κ2) is 6.29. The molecule has 0 aliphatic rings. The summed E-state index contributed by atoms with van der Waals surface area (Å²) in [5.74, 6) is 0.328. The lowest BCUT2D eigenvalue weighted by Gasteiger charge is -2.22. The van der Waals surface area contributed by atoms with Gasteiger partial charge in [-0.05, 0) is 44.5 Å². The highest BCUT2D eigenvalue weighted by Gasteiger charge is 2.14. The molecule has 2 N–H and O–H groups in total. The molecular formula is C17H20ClNO. The van der Waals surface area contributed by atoms with Gasteiger partial charge >= 0.3 is 0 Å². The summed E-state index contributed by atoms with van der Waals surface area (Å²) in [6.07, 6.45) is 0. The molecule has 2 atom stereocenters. The Hall–Kier alpha value is -1.51. The molecular weight excluding hydrogens is 270 g/mol. The van der Waals surface area contributed by atoms with Gasteiger partial charge < -0.3 is 10.4 Å². The molecule has 106 valence electrons. The van der Waals surface area contributed by atoms with Crippen LogP contribution in [0.1, 0.15) is 42.6 Å². The first kappa shape index (κ1) is 14.9. The molecule has 0 radical (unpaired) electrons. The zero-order valence-corrected chi connectivity index (χ0v) is 12.8. The van der Waals surface area contributed by atoms with E-state index in [4.69, 9.17) is 11.6 Å². The van der Waals surface area contributed by atoms with Crippen LogP contribution in [0.3, 0.4) is 0 Å². The molecule has 0 fully saturated rings. The van der Waals surface area contributed by atoms with Crippen molar-refractivity contribution in [3.63, 3.8) is 0 Å². The van der Waals surface area contributed by atoms with E-state index >= 15 is 0 Å². The Kier molecular flexibility index (Phi) is 4.69. The van der Waals surface area contributed by atoms with Gasteiger partial charge in [-0.2, -0.15) is 0 Å². The van der Waals surface area contributed by atoms with E-state index in [9.17, 15) is 5.11 Å². The van der Waals surface area contributed by atoms with E-state index in [1.165, 1.54) is 0 Å². The number of benzene rings is 2. The van der Waals surface area contributed by atoms with Crippen LogP contribution < -0.4 is 5.32 Å². The van der Waals surface area contributed by atoms with E-state index < -0.39 is 0 Å². The van der Waals surface area contributed by atoms with Crippen LogP contribution in [-0.2, 0) is 0 Å². The first-order chi connectivity index (χ1) is 9.47. The Morgan fingerprint density at radius 2 is 1.80 bits per heavy atom. The number of rotatable bonds is 4. The minimum atomic E-state index is 0.0591. The molecule has 0 saturated carbocycles. The van der Waals surface area contributed by atoms with E-state index in [0.717, 1.165) is 21.7 Å². The molecule has 0 saturated heterocycles. The molecule has 0 aromatic heterocycles. The zero-order chi connectivity index (χ0) is 14.7. The summed E-state index contributed by atoms with van der Waals surface area (Å²) in [4.78, 5) is 0. The second-order valence-electron chi connectivity index (χ2n) is 5.23. The number of nitrogens with one attached hydrogen (secondary N) is 1. The Morgan fingerprint density at radius 1 is 1.05 bits per heavy atom. The van der Waals surface area contributed by atoms with Crippen molar-refractivity contribution in [1.82, 2.24) is 5.32 Å². The van der Waals surface area contributed by atoms with Gasteiger partial charge in [0, 0.05) is 22.7 Å². The first-order valence-corrected chi connectivity index (χ1v) is 7.16. The zero-order valence-electron chi connectivity index (χ0n) is 12.0. The lowest BCUT2D eigenvalue weighted by molar-refractivity contribution is 0.438. The van der Waals surface area contributed by atoms with Gasteiger partial charge in [-0.1, -0.05) is 41.4 Å². The van der Waals surface area contributed by atoms with Crippen LogP contribution in [0.15, 0.2) is 42.5 Å². The third-order valence-corrected chi connectivity index (χ3v) is 3.73. The molecule has 0 amide bonds. The third-order valence-electron chi connectivity index (χ3n) is 3.50. The summed E-state index contributed by atoms with van der Waals surface area (Å²) in [6, 6.07) is 13.7. The molecule has 0 heterocycles. The van der Waals surface area contributed by atoms with Gasteiger partial charge in [0.25, 0.3) is 0 Å². The SMILES string of the molecule is Cc1ccc(O)c(C(C)N[C@@H](C)c2cccc(Cl)c2)c1. The van der Waals surface area contributed by atoms with Crippen molar-refractivity contribution in [1.29, 1.82) is 0 Å². The number of phenols is 1. The van der Waals surface area contributed by atoms with Crippen molar-refractivity contribution < 1.29 is 5.11 Å². The summed E-state index contributed by atoms with van der Waals surface area (Å²) in [5.41, 5.74) is 3.19. The summed E-state index contributed by atoms with van der Waals surface area (Å²) in [5, 5.41) is 14.2. The van der Waals surface area contributed by atoms with Crippen LogP contribution in [0.5, 0.6) is 5.75 Å². The molecule has 0 aliphatic heterocycles. The van der Waals surface area contributed by atoms with E-state index in [2.05, 4.69) is 19.2 Å². The van der Waals surface area contributed by atoms with Crippen molar-refractivity contribution >= 4 is 11.6 Å². The second-order valence-corrected chi connectivity index (χ2v) is 5.66. The van der Waals surface area contributed by atoms with Crippen molar-refractivity contribution in [2.75, 3.05) is 0 Å². The summed E-state index contributed by atoms with van der Waals surface area (Å²) in [7, 11) is 0. The van der Waals surface area contributed by atoms with Crippen molar-refractivity contribution in [3.05, 3.63) is 64.2 Å². The highest BCUT2D eigenvalue weighted by Crippen LogP contribution is 2.27. The number of phenolic OH excluding ortho intramolecular Hbond substituents is 1. The minimum absolute atomic E-state index is 0.0591. The van der Waals surface area contributed by atoms with E-state index in [-0.39, 0.29) is 12.1 Å². The first-order valence-electron chi connectivity index (χ1n) is 6.78. The average molecular weight is 290 g/mol. The van der Waals surface area contributed by atoms with Crippen LogP contribution in [0, 0.1) is 6.92 Å². The van der Waals surface area contributed by atoms with Gasteiger partial charge in [0.15, 0.2) is 0 Å². The predicted octanol–water partition coefficient (Wildman–Crippen LogP) is 4.77. The number of aromatic hydroxyl groups is 1. The lowest BCUT2D eigenvalue weighted by Crippen LogP contribution is -2.22. The molecule has 1 unspecified atom stereocenters. The van der Waals surface area contributed by atoms with Crippen LogP contribution in [-0.4, -0.2) is 5.11 Å². The molecule has 20 heavy (non-hydrogen) atoms. The predicted molar refractivity (Wildman–Crippen MR) is 84.3 cm³/mol. The van der Waals surface area contributed by atoms with E-state index in [0.29, 0.717) is 5.75 Å². The minimum Gasteiger partial charge on any atom is -0.508 e. The maximum absolute atomic E-state index is 9.97. The maximum Gasteiger partial charge on any atom is 0.120 e. The molecule has 2 nitrogen and oxygen atoms in total. The number of aryl methyl sites for hydroxylation is 1. The Morgan fingerprint density at radius 3 is 2.50 bits per heavy atom. The monoisotopic (exact) mass is 289 g/mol. The fourth-order valence-electron chi connectivity index (χ4n) is 2.36. The van der Waals surface area contributed by atoms with Crippen LogP contribution in [0.25, 0.3) is 0 Å². The van der Waals surface area contributed by atoms with Crippen LogP contribution in [0.4, 0.5) is 0 Å². The molecule has 0 bridgehead atoms.